The minimum Gasteiger partial charge on any atom is -0.465 e. The van der Waals surface area contributed by atoms with E-state index in [2.05, 4.69) is 20.8 Å². The maximum Gasteiger partial charge on any atom is 0.308 e. The second kappa shape index (κ2) is 52.6. The van der Waals surface area contributed by atoms with Crippen LogP contribution in [0.3, 0.4) is 0 Å². The zero-order chi connectivity index (χ0) is 41.9. The number of hydrogen-bond acceptors (Lipinski definition) is 2. The Morgan fingerprint density at radius 2 is 0.431 bits per heavy atom. The summed E-state index contributed by atoms with van der Waals surface area (Å²) in [5, 5.41) is 0. The average Bonchev–Trinajstić information content (AvgIpc) is 3.23. The van der Waals surface area contributed by atoms with Crippen molar-refractivity contribution in [1.29, 1.82) is 0 Å². The molecule has 0 amide bonds. The lowest BCUT2D eigenvalue weighted by atomic mass is 9.94. The first-order valence-electron chi connectivity index (χ1n) is 27.9. The molecule has 0 N–H and O–H groups in total. The summed E-state index contributed by atoms with van der Waals surface area (Å²) in [5.74, 6) is 0.266. The predicted octanol–water partition coefficient (Wildman–Crippen LogP) is 20.7. The average molecular weight is 818 g/mol. The fourth-order valence-corrected chi connectivity index (χ4v) is 9.20. The van der Waals surface area contributed by atoms with E-state index in [1.54, 1.807) is 0 Å². The predicted molar refractivity (Wildman–Crippen MR) is 262 cm³/mol. The van der Waals surface area contributed by atoms with Crippen LogP contribution in [0, 0.1) is 5.92 Å². The number of hydrogen-bond donors (Lipinski definition) is 0. The molecule has 2 nitrogen and oxygen atoms in total. The van der Waals surface area contributed by atoms with Crippen molar-refractivity contribution >= 4 is 5.97 Å². The van der Waals surface area contributed by atoms with Crippen molar-refractivity contribution in [2.75, 3.05) is 6.61 Å². The third kappa shape index (κ3) is 48.1. The molecule has 0 aliphatic rings. The van der Waals surface area contributed by atoms with Gasteiger partial charge in [0.25, 0.3) is 0 Å². The maximum absolute atomic E-state index is 13.3. The van der Waals surface area contributed by atoms with Crippen LogP contribution in [-0.2, 0) is 9.53 Å². The molecule has 2 heteroatoms. The number of ether oxygens (including phenoxy) is 1. The lowest BCUT2D eigenvalue weighted by Gasteiger charge is -2.16. The summed E-state index contributed by atoms with van der Waals surface area (Å²) < 4.78 is 5.94. The van der Waals surface area contributed by atoms with Crippen LogP contribution in [0.1, 0.15) is 342 Å². The van der Waals surface area contributed by atoms with Gasteiger partial charge in [-0.1, -0.05) is 323 Å². The Labute approximate surface area is 368 Å². The van der Waals surface area contributed by atoms with Crippen LogP contribution in [0.15, 0.2) is 0 Å². The van der Waals surface area contributed by atoms with Gasteiger partial charge in [0.1, 0.15) is 0 Å². The fourth-order valence-electron chi connectivity index (χ4n) is 9.20. The van der Waals surface area contributed by atoms with E-state index in [0.29, 0.717) is 6.61 Å². The zero-order valence-corrected chi connectivity index (χ0v) is 41.0. The molecule has 348 valence electrons. The van der Waals surface area contributed by atoms with Crippen molar-refractivity contribution in [2.24, 2.45) is 5.92 Å². The van der Waals surface area contributed by atoms with E-state index in [1.807, 2.05) is 0 Å². The summed E-state index contributed by atoms with van der Waals surface area (Å²) in [6, 6.07) is 0. The fraction of sp³-hybridized carbons (Fsp3) is 0.982. The number of esters is 1. The molecule has 0 rings (SSSR count). The first kappa shape index (κ1) is 57.5. The van der Waals surface area contributed by atoms with Crippen molar-refractivity contribution in [3.63, 3.8) is 0 Å². The van der Waals surface area contributed by atoms with Gasteiger partial charge in [-0.05, 0) is 19.3 Å². The molecule has 0 spiro atoms. The molecular formula is C56H112O2. The highest BCUT2D eigenvalue weighted by molar-refractivity contribution is 5.72. The molecule has 0 aromatic carbocycles. The summed E-state index contributed by atoms with van der Waals surface area (Å²) in [4.78, 5) is 13.3. The Bertz CT molecular complexity index is 732. The SMILES string of the molecule is CCCCCCCCCCCCCCCCCCCCC(CCCCCCCCCCCCCCCC)C(=O)OCCCCCCCCCCCCCCCCCC. The number of carbonyl (C=O) groups is 1. The molecule has 0 heterocycles. The number of unbranched alkanes of at least 4 members (excludes halogenated alkanes) is 45. The largest absolute Gasteiger partial charge is 0.465 e. The zero-order valence-electron chi connectivity index (χ0n) is 41.0. The third-order valence-corrected chi connectivity index (χ3v) is 13.4. The minimum atomic E-state index is 0.127. The van der Waals surface area contributed by atoms with Gasteiger partial charge in [0.05, 0.1) is 12.5 Å². The highest BCUT2D eigenvalue weighted by atomic mass is 16.5. The molecule has 1 atom stereocenters. The molecule has 0 radical (unpaired) electrons. The molecule has 1 unspecified atom stereocenters. The van der Waals surface area contributed by atoms with Crippen molar-refractivity contribution in [3.8, 4) is 0 Å². The molecule has 0 fully saturated rings. The third-order valence-electron chi connectivity index (χ3n) is 13.4. The van der Waals surface area contributed by atoms with Gasteiger partial charge in [-0.3, -0.25) is 4.79 Å². The smallest absolute Gasteiger partial charge is 0.308 e. The summed E-state index contributed by atoms with van der Waals surface area (Å²) in [6.07, 6.45) is 69.0. The minimum absolute atomic E-state index is 0.127. The van der Waals surface area contributed by atoms with Crippen LogP contribution in [0.5, 0.6) is 0 Å². The van der Waals surface area contributed by atoms with Gasteiger partial charge >= 0.3 is 5.97 Å². The Balaban J connectivity index is 4.06. The lowest BCUT2D eigenvalue weighted by Crippen LogP contribution is -2.18. The van der Waals surface area contributed by atoms with Crippen molar-refractivity contribution < 1.29 is 9.53 Å². The maximum atomic E-state index is 13.3. The summed E-state index contributed by atoms with van der Waals surface area (Å²) >= 11 is 0. The van der Waals surface area contributed by atoms with E-state index >= 15 is 0 Å². The Kier molecular flexibility index (Phi) is 52.1. The Hall–Kier alpha value is -0.530. The topological polar surface area (TPSA) is 26.3 Å². The molecule has 0 aromatic rings. The first-order valence-corrected chi connectivity index (χ1v) is 27.9. The standard InChI is InChI=1S/C56H112O2/c1-4-7-10-13-16-19-22-25-28-30-31-32-35-38-41-44-47-50-53-55(52-49-46-43-40-37-34-27-24-21-18-15-12-9-6-3)56(57)58-54-51-48-45-42-39-36-33-29-26-23-20-17-14-11-8-5-2/h55H,4-54H2,1-3H3. The van der Waals surface area contributed by atoms with Crippen LogP contribution < -0.4 is 0 Å². The second-order valence-electron chi connectivity index (χ2n) is 19.4. The van der Waals surface area contributed by atoms with E-state index in [4.69, 9.17) is 4.74 Å². The highest BCUT2D eigenvalue weighted by Gasteiger charge is 2.19. The van der Waals surface area contributed by atoms with E-state index in [9.17, 15) is 4.79 Å². The molecule has 0 saturated carbocycles. The Morgan fingerprint density at radius 1 is 0.259 bits per heavy atom. The molecular weight excluding hydrogens is 705 g/mol. The first-order chi connectivity index (χ1) is 28.8. The monoisotopic (exact) mass is 817 g/mol. The van der Waals surface area contributed by atoms with Gasteiger partial charge in [0, 0.05) is 0 Å². The van der Waals surface area contributed by atoms with Crippen molar-refractivity contribution in [2.45, 2.75) is 342 Å². The molecule has 0 saturated heterocycles. The molecule has 0 aliphatic carbocycles. The van der Waals surface area contributed by atoms with Crippen LogP contribution in [0.4, 0.5) is 0 Å². The van der Waals surface area contributed by atoms with Crippen LogP contribution >= 0.6 is 0 Å². The number of rotatable bonds is 52. The van der Waals surface area contributed by atoms with Gasteiger partial charge in [-0.15, -0.1) is 0 Å². The van der Waals surface area contributed by atoms with Gasteiger partial charge in [-0.25, -0.2) is 0 Å². The van der Waals surface area contributed by atoms with Crippen molar-refractivity contribution in [3.05, 3.63) is 0 Å². The molecule has 0 aromatic heterocycles. The van der Waals surface area contributed by atoms with Crippen LogP contribution in [0.2, 0.25) is 0 Å². The summed E-state index contributed by atoms with van der Waals surface area (Å²) in [7, 11) is 0. The molecule has 0 bridgehead atoms. The van der Waals surface area contributed by atoms with E-state index in [0.717, 1.165) is 19.3 Å². The van der Waals surface area contributed by atoms with E-state index in [1.165, 1.54) is 302 Å². The van der Waals surface area contributed by atoms with Gasteiger partial charge in [-0.2, -0.15) is 0 Å². The van der Waals surface area contributed by atoms with Crippen LogP contribution in [-0.4, -0.2) is 12.6 Å². The quantitative estimate of drug-likeness (QED) is 0.0451. The van der Waals surface area contributed by atoms with E-state index < -0.39 is 0 Å². The van der Waals surface area contributed by atoms with Gasteiger partial charge in [0.2, 0.25) is 0 Å². The lowest BCUT2D eigenvalue weighted by molar-refractivity contribution is -0.149. The van der Waals surface area contributed by atoms with Crippen LogP contribution in [0.25, 0.3) is 0 Å². The normalized spacial score (nSPS) is 12.1. The summed E-state index contributed by atoms with van der Waals surface area (Å²) in [6.45, 7) is 7.56. The second-order valence-corrected chi connectivity index (χ2v) is 19.4. The number of carbonyl (C=O) groups excluding carboxylic acids is 1. The highest BCUT2D eigenvalue weighted by Crippen LogP contribution is 2.22. The van der Waals surface area contributed by atoms with Crippen molar-refractivity contribution in [1.82, 2.24) is 0 Å². The van der Waals surface area contributed by atoms with Gasteiger partial charge < -0.3 is 4.74 Å². The Morgan fingerprint density at radius 3 is 0.638 bits per heavy atom. The van der Waals surface area contributed by atoms with E-state index in [-0.39, 0.29) is 11.9 Å². The van der Waals surface area contributed by atoms with Gasteiger partial charge in [0.15, 0.2) is 0 Å². The molecule has 0 aliphatic heterocycles. The molecule has 58 heavy (non-hydrogen) atoms. The summed E-state index contributed by atoms with van der Waals surface area (Å²) in [5.41, 5.74) is 0.